The Labute approximate surface area is 133 Å². The number of aromatic nitrogens is 4. The van der Waals surface area contributed by atoms with Crippen LogP contribution in [0.2, 0.25) is 0 Å². The largest absolute Gasteiger partial charge is 0.873 e. The lowest BCUT2D eigenvalue weighted by Gasteiger charge is -2.26. The molecule has 10 nitrogen and oxygen atoms in total. The van der Waals surface area contributed by atoms with Crippen molar-refractivity contribution in [1.29, 1.82) is 0 Å². The third kappa shape index (κ3) is 2.52. The molecule has 10 heteroatoms. The average molecular weight is 324 g/mol. The molecule has 2 aromatic carbocycles. The van der Waals surface area contributed by atoms with E-state index in [0.29, 0.717) is 0 Å². The first-order chi connectivity index (χ1) is 11.4. The van der Waals surface area contributed by atoms with Crippen LogP contribution in [0.1, 0.15) is 0 Å². The van der Waals surface area contributed by atoms with Crippen molar-refractivity contribution in [3.8, 4) is 57.3 Å². The van der Waals surface area contributed by atoms with Gasteiger partial charge in [0.25, 0.3) is 0 Å². The molecule has 1 aromatic heterocycles. The summed E-state index contributed by atoms with van der Waals surface area (Å²) in [6.45, 7) is 0. The van der Waals surface area contributed by atoms with Gasteiger partial charge in [0.1, 0.15) is 0 Å². The van der Waals surface area contributed by atoms with E-state index in [1.165, 1.54) is 0 Å². The van der Waals surface area contributed by atoms with Crippen molar-refractivity contribution in [3.05, 3.63) is 24.3 Å². The van der Waals surface area contributed by atoms with E-state index < -0.39 is 34.5 Å². The Morgan fingerprint density at radius 3 is 0.958 bits per heavy atom. The maximum Gasteiger partial charge on any atom is 0.203 e. The van der Waals surface area contributed by atoms with Crippen molar-refractivity contribution in [2.45, 2.75) is 0 Å². The summed E-state index contributed by atoms with van der Waals surface area (Å²) in [5.74, 6) is -6.77. The topological polar surface area (TPSA) is 190 Å². The second-order valence-corrected chi connectivity index (χ2v) is 4.65. The SMILES string of the molecule is [O-]c1cc(-c2nnc(-c3cc([O-])c([O-])c([O-])c3)nn2)cc([O-])c1[O-]. The molecule has 0 atom stereocenters. The van der Waals surface area contributed by atoms with Crippen LogP contribution in [-0.2, 0) is 0 Å². The van der Waals surface area contributed by atoms with Gasteiger partial charge in [-0.25, -0.2) is 0 Å². The Balaban J connectivity index is 2.00. The second-order valence-electron chi connectivity index (χ2n) is 4.65. The Kier molecular flexibility index (Phi) is 3.41. The molecule has 3 rings (SSSR count). The highest BCUT2D eigenvalue weighted by Crippen LogP contribution is 2.33. The fraction of sp³-hybridized carbons (Fsp3) is 0. The molecule has 0 saturated heterocycles. The third-order valence-electron chi connectivity index (χ3n) is 3.04. The van der Waals surface area contributed by atoms with E-state index in [4.69, 9.17) is 0 Å². The molecule has 0 amide bonds. The van der Waals surface area contributed by atoms with Crippen molar-refractivity contribution in [2.24, 2.45) is 0 Å². The maximum atomic E-state index is 11.3. The van der Waals surface area contributed by atoms with E-state index in [0.717, 1.165) is 24.3 Å². The summed E-state index contributed by atoms with van der Waals surface area (Å²) < 4.78 is 0. The molecule has 0 bridgehead atoms. The highest BCUT2D eigenvalue weighted by Gasteiger charge is 2.07. The molecule has 0 radical (unpaired) electrons. The lowest BCUT2D eigenvalue weighted by Crippen LogP contribution is -2.07. The van der Waals surface area contributed by atoms with Gasteiger partial charge >= 0.3 is 0 Å². The van der Waals surface area contributed by atoms with Crippen LogP contribution >= 0.6 is 0 Å². The molecule has 0 unspecified atom stereocenters. The molecule has 0 aliphatic rings. The molecule has 3 aromatic rings. The van der Waals surface area contributed by atoms with Gasteiger partial charge in [-0.15, -0.1) is 54.9 Å². The first-order valence-electron chi connectivity index (χ1n) is 6.33. The van der Waals surface area contributed by atoms with Crippen LogP contribution in [0.15, 0.2) is 24.3 Å². The van der Waals surface area contributed by atoms with Gasteiger partial charge < -0.3 is 30.6 Å². The van der Waals surface area contributed by atoms with Crippen LogP contribution in [0.25, 0.3) is 22.8 Å². The van der Waals surface area contributed by atoms with Gasteiger partial charge in [0.15, 0.2) is 0 Å². The lowest BCUT2D eigenvalue weighted by molar-refractivity contribution is -0.341. The maximum absolute atomic E-state index is 11.3. The minimum absolute atomic E-state index is 0.0416. The minimum atomic E-state index is -1.17. The zero-order chi connectivity index (χ0) is 17.4. The van der Waals surface area contributed by atoms with Crippen molar-refractivity contribution >= 4 is 0 Å². The van der Waals surface area contributed by atoms with Gasteiger partial charge in [0.2, 0.25) is 11.6 Å². The summed E-state index contributed by atoms with van der Waals surface area (Å²) in [6.07, 6.45) is 0. The van der Waals surface area contributed by atoms with Crippen molar-refractivity contribution in [1.82, 2.24) is 20.4 Å². The third-order valence-corrected chi connectivity index (χ3v) is 3.04. The molecule has 0 fully saturated rings. The number of rotatable bonds is 2. The Morgan fingerprint density at radius 2 is 0.708 bits per heavy atom. The van der Waals surface area contributed by atoms with Gasteiger partial charge in [-0.3, -0.25) is 0 Å². The number of nitrogens with zero attached hydrogens (tertiary/aromatic N) is 4. The van der Waals surface area contributed by atoms with E-state index in [1.807, 2.05) is 0 Å². The summed E-state index contributed by atoms with van der Waals surface area (Å²) in [7, 11) is 0. The van der Waals surface area contributed by atoms with Gasteiger partial charge in [-0.1, -0.05) is 24.3 Å². The molecule has 24 heavy (non-hydrogen) atoms. The zero-order valence-corrected chi connectivity index (χ0v) is 11.5. The number of hydrogen-bond acceptors (Lipinski definition) is 10. The van der Waals surface area contributed by atoms with E-state index in [-0.39, 0.29) is 22.8 Å². The first kappa shape index (κ1) is 15.1. The first-order valence-corrected chi connectivity index (χ1v) is 6.33. The molecule has 0 saturated carbocycles. The van der Waals surface area contributed by atoms with Crippen LogP contribution in [-0.4, -0.2) is 20.4 Å². The minimum Gasteiger partial charge on any atom is -0.873 e. The molecular formula is C14H4N4O6-6. The second kappa shape index (κ2) is 5.43. The number of benzene rings is 2. The van der Waals surface area contributed by atoms with Gasteiger partial charge in [0.05, 0.1) is 0 Å². The fourth-order valence-corrected chi connectivity index (χ4v) is 1.87. The van der Waals surface area contributed by atoms with Crippen LogP contribution in [0.4, 0.5) is 0 Å². The van der Waals surface area contributed by atoms with E-state index in [2.05, 4.69) is 20.4 Å². The molecule has 0 aliphatic carbocycles. The Bertz CT molecular complexity index is 807. The molecular weight excluding hydrogens is 320 g/mol. The summed E-state index contributed by atoms with van der Waals surface area (Å²) >= 11 is 0. The van der Waals surface area contributed by atoms with E-state index >= 15 is 0 Å². The van der Waals surface area contributed by atoms with Crippen molar-refractivity contribution in [2.75, 3.05) is 0 Å². The summed E-state index contributed by atoms with van der Waals surface area (Å²) in [5, 5.41) is 82.0. The molecule has 0 N–H and O–H groups in total. The van der Waals surface area contributed by atoms with Gasteiger partial charge in [0, 0.05) is 11.1 Å². The van der Waals surface area contributed by atoms with Crippen LogP contribution < -0.4 is 30.6 Å². The smallest absolute Gasteiger partial charge is 0.203 e. The molecule has 0 spiro atoms. The van der Waals surface area contributed by atoms with Crippen LogP contribution in [0, 0.1) is 0 Å². The normalized spacial score (nSPS) is 10.7. The quantitative estimate of drug-likeness (QED) is 0.470. The van der Waals surface area contributed by atoms with E-state index in [9.17, 15) is 30.6 Å². The van der Waals surface area contributed by atoms with Gasteiger partial charge in [-0.2, -0.15) is 0 Å². The molecule has 1 heterocycles. The van der Waals surface area contributed by atoms with E-state index in [1.54, 1.807) is 0 Å². The molecule has 122 valence electrons. The molecule has 0 aliphatic heterocycles. The summed E-state index contributed by atoms with van der Waals surface area (Å²) in [5.41, 5.74) is -0.0832. The highest BCUT2D eigenvalue weighted by molar-refractivity contribution is 5.66. The Morgan fingerprint density at radius 1 is 0.458 bits per heavy atom. The Hall–Kier alpha value is -3.82. The fourth-order valence-electron chi connectivity index (χ4n) is 1.87. The van der Waals surface area contributed by atoms with Gasteiger partial charge in [-0.05, 0) is 0 Å². The summed E-state index contributed by atoms with van der Waals surface area (Å²) in [6, 6.07) is 3.50. The monoisotopic (exact) mass is 324 g/mol. The lowest BCUT2D eigenvalue weighted by atomic mass is 10.1. The standard InChI is InChI=1S/C14H10N4O6/c19-7-1-5(2-8(20)11(7)23)13-15-17-14(18-16-13)6-3-9(21)12(24)10(22)4-6/h1-4,19-24H/p-6. The number of hydrogen-bond donors (Lipinski definition) is 0. The highest BCUT2D eigenvalue weighted by atomic mass is 16.3. The van der Waals surface area contributed by atoms with Crippen LogP contribution in [0.5, 0.6) is 34.5 Å². The predicted octanol–water partition coefficient (Wildman–Crippen LogP) is -2.96. The average Bonchev–Trinajstić information content (AvgIpc) is 2.57. The predicted molar refractivity (Wildman–Crippen MR) is 65.2 cm³/mol. The van der Waals surface area contributed by atoms with Crippen molar-refractivity contribution in [3.63, 3.8) is 0 Å². The zero-order valence-electron chi connectivity index (χ0n) is 11.5. The summed E-state index contributed by atoms with van der Waals surface area (Å²) in [4.78, 5) is 0. The van der Waals surface area contributed by atoms with Crippen molar-refractivity contribution < 1.29 is 30.6 Å². The van der Waals surface area contributed by atoms with Crippen LogP contribution in [0.3, 0.4) is 0 Å².